The highest BCUT2D eigenvalue weighted by molar-refractivity contribution is 7.99. The van der Waals surface area contributed by atoms with Crippen LogP contribution in [0.25, 0.3) is 0 Å². The molecule has 94 valence electrons. The van der Waals surface area contributed by atoms with Gasteiger partial charge in [0.15, 0.2) is 0 Å². The van der Waals surface area contributed by atoms with Gasteiger partial charge in [0.2, 0.25) is 0 Å². The number of thioether (sulfide) groups is 1. The molecule has 2 heterocycles. The van der Waals surface area contributed by atoms with Crippen molar-refractivity contribution in [2.45, 2.75) is 25.3 Å². The third-order valence-electron chi connectivity index (χ3n) is 4.17. The summed E-state index contributed by atoms with van der Waals surface area (Å²) in [6, 6.07) is 0. The first-order valence-corrected chi connectivity index (χ1v) is 7.71. The molecule has 2 aliphatic heterocycles. The van der Waals surface area contributed by atoms with Crippen molar-refractivity contribution < 1.29 is 0 Å². The largest absolute Gasteiger partial charge is 0.329 e. The fourth-order valence-electron chi connectivity index (χ4n) is 2.92. The van der Waals surface area contributed by atoms with Crippen LogP contribution in [0.2, 0.25) is 0 Å². The summed E-state index contributed by atoms with van der Waals surface area (Å²) in [4.78, 5) is 5.21. The summed E-state index contributed by atoms with van der Waals surface area (Å²) in [7, 11) is 0. The van der Waals surface area contributed by atoms with Crippen molar-refractivity contribution in [3.05, 3.63) is 0 Å². The molecule has 4 heteroatoms. The second kappa shape index (κ2) is 5.71. The quantitative estimate of drug-likeness (QED) is 0.796. The number of nitrogens with two attached hydrogens (primary N) is 1. The van der Waals surface area contributed by atoms with Gasteiger partial charge in [-0.15, -0.1) is 0 Å². The van der Waals surface area contributed by atoms with E-state index in [2.05, 4.69) is 28.5 Å². The van der Waals surface area contributed by atoms with Crippen LogP contribution in [0.3, 0.4) is 0 Å². The molecule has 1 atom stereocenters. The molecule has 1 unspecified atom stereocenters. The summed E-state index contributed by atoms with van der Waals surface area (Å²) in [5.41, 5.74) is 6.39. The number of likely N-dealkylation sites (N-methyl/N-ethyl adjacent to an activating group) is 1. The Balaban J connectivity index is 1.94. The Bertz CT molecular complexity index is 208. The maximum atomic E-state index is 6.07. The second-order valence-electron chi connectivity index (χ2n) is 5.01. The lowest BCUT2D eigenvalue weighted by Gasteiger charge is -2.49. The summed E-state index contributed by atoms with van der Waals surface area (Å²) < 4.78 is 0. The molecule has 0 aromatic carbocycles. The van der Waals surface area contributed by atoms with E-state index in [1.165, 1.54) is 57.1 Å². The number of hydrogen-bond donors (Lipinski definition) is 1. The number of rotatable bonds is 3. The average molecular weight is 243 g/mol. The maximum absolute atomic E-state index is 6.07. The third kappa shape index (κ3) is 2.55. The van der Waals surface area contributed by atoms with Crippen molar-refractivity contribution in [2.75, 3.05) is 50.8 Å². The molecule has 0 aliphatic carbocycles. The van der Waals surface area contributed by atoms with Crippen LogP contribution >= 0.6 is 11.8 Å². The standard InChI is InChI=1S/C12H25N3S/c1-2-14-5-7-15(8-6-14)12(10-13)4-3-9-16-11-12/h2-11,13H2,1H3. The molecule has 3 nitrogen and oxygen atoms in total. The van der Waals surface area contributed by atoms with Gasteiger partial charge in [0.05, 0.1) is 0 Å². The lowest BCUT2D eigenvalue weighted by molar-refractivity contribution is 0.0443. The van der Waals surface area contributed by atoms with Crippen LogP contribution in [-0.4, -0.2) is 66.1 Å². The minimum absolute atomic E-state index is 0.322. The first-order valence-electron chi connectivity index (χ1n) is 6.56. The van der Waals surface area contributed by atoms with Crippen LogP contribution in [-0.2, 0) is 0 Å². The Morgan fingerprint density at radius 3 is 2.50 bits per heavy atom. The van der Waals surface area contributed by atoms with Crippen molar-refractivity contribution >= 4 is 11.8 Å². The highest BCUT2D eigenvalue weighted by atomic mass is 32.2. The van der Waals surface area contributed by atoms with Crippen LogP contribution in [0, 0.1) is 0 Å². The van der Waals surface area contributed by atoms with Crippen LogP contribution in [0.5, 0.6) is 0 Å². The Morgan fingerprint density at radius 1 is 1.25 bits per heavy atom. The van der Waals surface area contributed by atoms with Gasteiger partial charge in [-0.05, 0) is 25.1 Å². The number of nitrogens with zero attached hydrogens (tertiary/aromatic N) is 2. The molecule has 2 rings (SSSR count). The predicted octanol–water partition coefficient (Wildman–Crippen LogP) is 0.848. The van der Waals surface area contributed by atoms with E-state index in [1.807, 2.05) is 0 Å². The SMILES string of the molecule is CCN1CCN(C2(CN)CCCSC2)CC1. The Hall–Kier alpha value is 0.230. The van der Waals surface area contributed by atoms with Crippen molar-refractivity contribution in [2.24, 2.45) is 5.73 Å². The summed E-state index contributed by atoms with van der Waals surface area (Å²) in [5, 5.41) is 0. The molecule has 0 bridgehead atoms. The summed E-state index contributed by atoms with van der Waals surface area (Å²) >= 11 is 2.09. The normalized spacial score (nSPS) is 34.1. The molecule has 0 aromatic rings. The molecular formula is C12H25N3S. The zero-order valence-corrected chi connectivity index (χ0v) is 11.3. The molecule has 0 saturated carbocycles. The summed E-state index contributed by atoms with van der Waals surface area (Å²) in [5.74, 6) is 2.58. The zero-order chi connectivity index (χ0) is 11.4. The van der Waals surface area contributed by atoms with Crippen LogP contribution in [0.15, 0.2) is 0 Å². The van der Waals surface area contributed by atoms with Crippen LogP contribution < -0.4 is 5.73 Å². The Kier molecular flexibility index (Phi) is 4.53. The average Bonchev–Trinajstić information content (AvgIpc) is 2.39. The van der Waals surface area contributed by atoms with E-state index in [1.54, 1.807) is 0 Å². The number of piperazine rings is 1. The van der Waals surface area contributed by atoms with E-state index in [9.17, 15) is 0 Å². The van der Waals surface area contributed by atoms with Gasteiger partial charge in [0.25, 0.3) is 0 Å². The van der Waals surface area contributed by atoms with Crippen molar-refractivity contribution in [1.29, 1.82) is 0 Å². The molecule has 0 spiro atoms. The van der Waals surface area contributed by atoms with Crippen LogP contribution in [0.1, 0.15) is 19.8 Å². The maximum Gasteiger partial charge on any atom is 0.0423 e. The molecule has 0 aromatic heterocycles. The first kappa shape index (κ1) is 12.7. The third-order valence-corrected chi connectivity index (χ3v) is 5.49. The Morgan fingerprint density at radius 2 is 2.00 bits per heavy atom. The molecule has 0 amide bonds. The van der Waals surface area contributed by atoms with Gasteiger partial charge < -0.3 is 10.6 Å². The zero-order valence-electron chi connectivity index (χ0n) is 10.5. The lowest BCUT2D eigenvalue weighted by atomic mass is 9.92. The van der Waals surface area contributed by atoms with Gasteiger partial charge in [-0.2, -0.15) is 11.8 Å². The molecular weight excluding hydrogens is 218 g/mol. The number of hydrogen-bond acceptors (Lipinski definition) is 4. The van der Waals surface area contributed by atoms with Crippen molar-refractivity contribution in [3.8, 4) is 0 Å². The summed E-state index contributed by atoms with van der Waals surface area (Å²) in [6.07, 6.45) is 2.65. The van der Waals surface area contributed by atoms with Gasteiger partial charge >= 0.3 is 0 Å². The second-order valence-corrected chi connectivity index (χ2v) is 6.11. The van der Waals surface area contributed by atoms with E-state index in [-0.39, 0.29) is 0 Å². The van der Waals surface area contributed by atoms with E-state index in [0.717, 1.165) is 6.54 Å². The monoisotopic (exact) mass is 243 g/mol. The van der Waals surface area contributed by atoms with Gasteiger partial charge in [0, 0.05) is 44.0 Å². The minimum atomic E-state index is 0.322. The lowest BCUT2D eigenvalue weighted by Crippen LogP contribution is -2.62. The highest BCUT2D eigenvalue weighted by Crippen LogP contribution is 2.32. The van der Waals surface area contributed by atoms with E-state index in [4.69, 9.17) is 5.73 Å². The van der Waals surface area contributed by atoms with Crippen molar-refractivity contribution in [1.82, 2.24) is 9.80 Å². The molecule has 16 heavy (non-hydrogen) atoms. The fraction of sp³-hybridized carbons (Fsp3) is 1.00. The minimum Gasteiger partial charge on any atom is -0.329 e. The predicted molar refractivity (Wildman–Crippen MR) is 72.0 cm³/mol. The van der Waals surface area contributed by atoms with E-state index >= 15 is 0 Å². The van der Waals surface area contributed by atoms with Gasteiger partial charge in [-0.25, -0.2) is 0 Å². The summed E-state index contributed by atoms with van der Waals surface area (Å²) in [6.45, 7) is 9.16. The highest BCUT2D eigenvalue weighted by Gasteiger charge is 2.38. The molecule has 2 saturated heterocycles. The van der Waals surface area contributed by atoms with E-state index < -0.39 is 0 Å². The molecule has 2 N–H and O–H groups in total. The first-order chi connectivity index (χ1) is 7.80. The molecule has 2 aliphatic rings. The fourth-order valence-corrected chi connectivity index (χ4v) is 4.23. The van der Waals surface area contributed by atoms with Gasteiger partial charge in [0.1, 0.15) is 0 Å². The van der Waals surface area contributed by atoms with E-state index in [0.29, 0.717) is 5.54 Å². The Labute approximate surface area is 104 Å². The van der Waals surface area contributed by atoms with Crippen molar-refractivity contribution in [3.63, 3.8) is 0 Å². The smallest absolute Gasteiger partial charge is 0.0423 e. The van der Waals surface area contributed by atoms with Gasteiger partial charge in [-0.1, -0.05) is 6.92 Å². The van der Waals surface area contributed by atoms with Crippen LogP contribution in [0.4, 0.5) is 0 Å². The van der Waals surface area contributed by atoms with Gasteiger partial charge in [-0.3, -0.25) is 4.90 Å². The topological polar surface area (TPSA) is 32.5 Å². The molecule has 0 radical (unpaired) electrons. The molecule has 2 fully saturated rings.